The lowest BCUT2D eigenvalue weighted by molar-refractivity contribution is -0.383. The first-order valence-electron chi connectivity index (χ1n) is 5.97. The lowest BCUT2D eigenvalue weighted by Crippen LogP contribution is -2.16. The van der Waals surface area contributed by atoms with Crippen molar-refractivity contribution in [1.29, 1.82) is 0 Å². The maximum atomic E-state index is 12.8. The van der Waals surface area contributed by atoms with Crippen molar-refractivity contribution in [3.63, 3.8) is 0 Å². The third kappa shape index (κ3) is 3.03. The molecule has 0 aliphatic carbocycles. The van der Waals surface area contributed by atoms with Gasteiger partial charge in [0.15, 0.2) is 0 Å². The van der Waals surface area contributed by atoms with Crippen LogP contribution in [0.2, 0.25) is 0 Å². The molecule has 2 aromatic carbocycles. The maximum Gasteiger partial charge on any atom is 0.292 e. The van der Waals surface area contributed by atoms with E-state index in [4.69, 9.17) is 5.73 Å². The standard InChI is InChI=1S/C14H14FN3O2/c1-17(9-10-2-4-11(15)5-3-10)12-6-7-14(18(19)20)13(16)8-12/h2-8H,9,16H2,1H3. The summed E-state index contributed by atoms with van der Waals surface area (Å²) in [5, 5.41) is 10.7. The first-order chi connectivity index (χ1) is 9.47. The van der Waals surface area contributed by atoms with Gasteiger partial charge in [-0.2, -0.15) is 0 Å². The normalized spacial score (nSPS) is 10.3. The van der Waals surface area contributed by atoms with Crippen LogP contribution in [0.15, 0.2) is 42.5 Å². The van der Waals surface area contributed by atoms with Crippen molar-refractivity contribution in [2.45, 2.75) is 6.54 Å². The first kappa shape index (κ1) is 13.8. The Balaban J connectivity index is 2.17. The van der Waals surface area contributed by atoms with Crippen LogP contribution in [-0.2, 0) is 6.54 Å². The molecule has 0 radical (unpaired) electrons. The van der Waals surface area contributed by atoms with Crippen molar-refractivity contribution in [3.8, 4) is 0 Å². The molecule has 0 saturated heterocycles. The van der Waals surface area contributed by atoms with Crippen molar-refractivity contribution < 1.29 is 9.31 Å². The van der Waals surface area contributed by atoms with Crippen LogP contribution in [0.5, 0.6) is 0 Å². The molecule has 0 unspecified atom stereocenters. The Bertz CT molecular complexity index is 629. The number of nitro groups is 1. The van der Waals surface area contributed by atoms with Crippen molar-refractivity contribution in [3.05, 3.63) is 64.0 Å². The average molecular weight is 275 g/mol. The molecular formula is C14H14FN3O2. The number of nitrogens with zero attached hydrogens (tertiary/aromatic N) is 2. The van der Waals surface area contributed by atoms with Gasteiger partial charge in [0, 0.05) is 25.3 Å². The quantitative estimate of drug-likeness (QED) is 0.529. The fourth-order valence-electron chi connectivity index (χ4n) is 1.90. The largest absolute Gasteiger partial charge is 0.393 e. The van der Waals surface area contributed by atoms with E-state index in [2.05, 4.69) is 0 Å². The van der Waals surface area contributed by atoms with Crippen molar-refractivity contribution in [2.24, 2.45) is 0 Å². The van der Waals surface area contributed by atoms with Gasteiger partial charge in [0.05, 0.1) is 4.92 Å². The summed E-state index contributed by atoms with van der Waals surface area (Å²) in [5.74, 6) is -0.281. The lowest BCUT2D eigenvalue weighted by atomic mass is 10.2. The van der Waals surface area contributed by atoms with Gasteiger partial charge in [-0.15, -0.1) is 0 Å². The molecule has 2 rings (SSSR count). The maximum absolute atomic E-state index is 12.8. The van der Waals surface area contributed by atoms with Crippen LogP contribution < -0.4 is 10.6 Å². The van der Waals surface area contributed by atoms with Gasteiger partial charge in [-0.25, -0.2) is 4.39 Å². The molecule has 2 N–H and O–H groups in total. The van der Waals surface area contributed by atoms with E-state index >= 15 is 0 Å². The van der Waals surface area contributed by atoms with Gasteiger partial charge in [0.25, 0.3) is 5.69 Å². The van der Waals surface area contributed by atoms with Crippen LogP contribution in [0.25, 0.3) is 0 Å². The zero-order valence-electron chi connectivity index (χ0n) is 10.9. The van der Waals surface area contributed by atoms with Gasteiger partial charge in [0.1, 0.15) is 11.5 Å². The van der Waals surface area contributed by atoms with Crippen LogP contribution in [0, 0.1) is 15.9 Å². The summed E-state index contributed by atoms with van der Waals surface area (Å²) in [5.41, 5.74) is 7.37. The Morgan fingerprint density at radius 3 is 2.45 bits per heavy atom. The zero-order valence-corrected chi connectivity index (χ0v) is 10.9. The molecule has 0 heterocycles. The third-order valence-electron chi connectivity index (χ3n) is 2.98. The predicted molar refractivity (Wildman–Crippen MR) is 76.0 cm³/mol. The molecule has 104 valence electrons. The highest BCUT2D eigenvalue weighted by molar-refractivity contribution is 5.66. The Morgan fingerprint density at radius 2 is 1.90 bits per heavy atom. The highest BCUT2D eigenvalue weighted by Gasteiger charge is 2.12. The molecule has 0 atom stereocenters. The second-order valence-corrected chi connectivity index (χ2v) is 4.48. The van der Waals surface area contributed by atoms with Gasteiger partial charge in [-0.3, -0.25) is 10.1 Å². The smallest absolute Gasteiger partial charge is 0.292 e. The van der Waals surface area contributed by atoms with E-state index in [0.717, 1.165) is 11.3 Å². The lowest BCUT2D eigenvalue weighted by Gasteiger charge is -2.19. The zero-order chi connectivity index (χ0) is 14.7. The number of rotatable bonds is 4. The molecule has 0 saturated carbocycles. The van der Waals surface area contributed by atoms with Gasteiger partial charge in [-0.05, 0) is 29.8 Å². The molecule has 0 aromatic heterocycles. The molecule has 0 aliphatic rings. The molecule has 0 aliphatic heterocycles. The van der Waals surface area contributed by atoms with E-state index in [-0.39, 0.29) is 17.2 Å². The van der Waals surface area contributed by atoms with Crippen LogP contribution >= 0.6 is 0 Å². The SMILES string of the molecule is CN(Cc1ccc(F)cc1)c1ccc([N+](=O)[O-])c(N)c1. The van der Waals surface area contributed by atoms with E-state index in [1.807, 2.05) is 11.9 Å². The summed E-state index contributed by atoms with van der Waals surface area (Å²) in [6.07, 6.45) is 0. The number of hydrogen-bond acceptors (Lipinski definition) is 4. The van der Waals surface area contributed by atoms with E-state index in [0.29, 0.717) is 6.54 Å². The first-order valence-corrected chi connectivity index (χ1v) is 5.97. The minimum absolute atomic E-state index is 0.107. The Labute approximate surface area is 115 Å². The summed E-state index contributed by atoms with van der Waals surface area (Å²) in [4.78, 5) is 12.1. The van der Waals surface area contributed by atoms with E-state index in [9.17, 15) is 14.5 Å². The fraction of sp³-hybridized carbons (Fsp3) is 0.143. The Morgan fingerprint density at radius 1 is 1.25 bits per heavy atom. The van der Waals surface area contributed by atoms with Crippen LogP contribution in [0.4, 0.5) is 21.5 Å². The van der Waals surface area contributed by atoms with Crippen molar-refractivity contribution >= 4 is 17.1 Å². The van der Waals surface area contributed by atoms with E-state index in [1.165, 1.54) is 18.2 Å². The fourth-order valence-corrected chi connectivity index (χ4v) is 1.90. The number of nitro benzene ring substituents is 1. The molecule has 0 bridgehead atoms. The molecule has 2 aromatic rings. The van der Waals surface area contributed by atoms with Gasteiger partial charge >= 0.3 is 0 Å². The van der Waals surface area contributed by atoms with Crippen molar-refractivity contribution in [2.75, 3.05) is 17.7 Å². The summed E-state index contributed by atoms with van der Waals surface area (Å²) in [6.45, 7) is 0.553. The summed E-state index contributed by atoms with van der Waals surface area (Å²) in [6, 6.07) is 10.8. The number of nitrogen functional groups attached to an aromatic ring is 1. The third-order valence-corrected chi connectivity index (χ3v) is 2.98. The predicted octanol–water partition coefficient (Wildman–Crippen LogP) is 2.95. The van der Waals surface area contributed by atoms with Crippen LogP contribution in [-0.4, -0.2) is 12.0 Å². The minimum Gasteiger partial charge on any atom is -0.393 e. The molecule has 0 amide bonds. The molecule has 0 fully saturated rings. The van der Waals surface area contributed by atoms with E-state index < -0.39 is 4.92 Å². The molecule has 0 spiro atoms. The van der Waals surface area contributed by atoms with Crippen molar-refractivity contribution in [1.82, 2.24) is 0 Å². The monoisotopic (exact) mass is 275 g/mol. The molecule has 5 nitrogen and oxygen atoms in total. The number of hydrogen-bond donors (Lipinski definition) is 1. The topological polar surface area (TPSA) is 72.4 Å². The second kappa shape index (κ2) is 5.56. The van der Waals surface area contributed by atoms with Crippen LogP contribution in [0.3, 0.4) is 0 Å². The summed E-state index contributed by atoms with van der Waals surface area (Å²) < 4.78 is 12.8. The Hall–Kier alpha value is -2.63. The van der Waals surface area contributed by atoms with Gasteiger partial charge < -0.3 is 10.6 Å². The van der Waals surface area contributed by atoms with Gasteiger partial charge in [-0.1, -0.05) is 12.1 Å². The summed E-state index contributed by atoms with van der Waals surface area (Å²) in [7, 11) is 1.84. The second-order valence-electron chi connectivity index (χ2n) is 4.48. The average Bonchev–Trinajstić information content (AvgIpc) is 2.40. The van der Waals surface area contributed by atoms with Crippen LogP contribution in [0.1, 0.15) is 5.56 Å². The summed E-state index contributed by atoms with van der Waals surface area (Å²) >= 11 is 0. The molecule has 6 heteroatoms. The number of halogens is 1. The number of nitrogens with two attached hydrogens (primary N) is 1. The number of anilines is 2. The molecular weight excluding hydrogens is 261 g/mol. The number of benzene rings is 2. The van der Waals surface area contributed by atoms with E-state index in [1.54, 1.807) is 24.3 Å². The minimum atomic E-state index is -0.515. The highest BCUT2D eigenvalue weighted by atomic mass is 19.1. The highest BCUT2D eigenvalue weighted by Crippen LogP contribution is 2.27. The Kier molecular flexibility index (Phi) is 3.84. The molecule has 20 heavy (non-hydrogen) atoms. The van der Waals surface area contributed by atoms with Gasteiger partial charge in [0.2, 0.25) is 0 Å².